The minimum Gasteiger partial charge on any atom is -0.495 e. The minimum absolute atomic E-state index is 0.483. The smallest absolute Gasteiger partial charge is 0.200 e. The van der Waals surface area contributed by atoms with Crippen molar-refractivity contribution in [3.05, 3.63) is 0 Å². The summed E-state index contributed by atoms with van der Waals surface area (Å²) in [7, 11) is 1.91. The quantitative estimate of drug-likeness (QED) is 0.479. The van der Waals surface area contributed by atoms with Gasteiger partial charge in [-0.15, -0.1) is 0 Å². The van der Waals surface area contributed by atoms with Crippen LogP contribution in [0.2, 0.25) is 0 Å². The predicted molar refractivity (Wildman–Crippen MR) is 63.1 cm³/mol. The molecule has 0 aliphatic heterocycles. The number of ether oxygens (including phenoxy) is 1. The fourth-order valence-electron chi connectivity index (χ4n) is 4.35. The maximum absolute atomic E-state index is 5.78. The van der Waals surface area contributed by atoms with Crippen molar-refractivity contribution in [1.29, 1.82) is 0 Å². The van der Waals surface area contributed by atoms with Crippen LogP contribution in [-0.4, -0.2) is 18.9 Å². The van der Waals surface area contributed by atoms with Gasteiger partial charge in [0.2, 0.25) is 7.85 Å². The Balaban J connectivity index is 1.73. The lowest BCUT2D eigenvalue weighted by molar-refractivity contribution is 0.0808. The van der Waals surface area contributed by atoms with Crippen LogP contribution >= 0.6 is 12.2 Å². The normalized spacial score (nSPS) is 49.3. The van der Waals surface area contributed by atoms with Gasteiger partial charge in [0.15, 0.2) is 0 Å². The molecule has 0 aromatic carbocycles. The average Bonchev–Trinajstić information content (AvgIpc) is 2.68. The molecule has 76 valence electrons. The van der Waals surface area contributed by atoms with E-state index in [-0.39, 0.29) is 0 Å². The molecule has 0 N–H and O–H groups in total. The van der Waals surface area contributed by atoms with Gasteiger partial charge in [0.25, 0.3) is 0 Å². The minimum atomic E-state index is 0.483. The zero-order chi connectivity index (χ0) is 9.71. The highest BCUT2D eigenvalue weighted by Crippen LogP contribution is 2.59. The lowest BCUT2D eigenvalue weighted by atomic mass is 9.80. The van der Waals surface area contributed by atoms with Crippen LogP contribution in [0, 0.1) is 23.7 Å². The number of thiocarbonyl (C=S) groups is 1. The van der Waals surface area contributed by atoms with Crippen molar-refractivity contribution in [3.63, 3.8) is 0 Å². The average molecular weight is 208 g/mol. The molecule has 0 heterocycles. The molecule has 3 fully saturated rings. The number of hydrogen-bond donors (Lipinski definition) is 0. The Morgan fingerprint density at radius 1 is 1.14 bits per heavy atom. The zero-order valence-corrected chi connectivity index (χ0v) is 9.56. The molecular formula is C11H17BOS. The Kier molecular flexibility index (Phi) is 2.12. The fourth-order valence-corrected chi connectivity index (χ4v) is 4.48. The second-order valence-electron chi connectivity index (χ2n) is 5.30. The SMILES string of the molecule is BC(=S)OC1CC2CC1C1CCCC21. The summed E-state index contributed by atoms with van der Waals surface area (Å²) in [4.78, 5) is 0.747. The summed E-state index contributed by atoms with van der Waals surface area (Å²) in [5.74, 6) is 3.88. The van der Waals surface area contributed by atoms with Gasteiger partial charge in [-0.05, 0) is 49.4 Å². The third kappa shape index (κ3) is 1.24. The molecule has 0 amide bonds. The summed E-state index contributed by atoms with van der Waals surface area (Å²) in [6.07, 6.45) is 7.63. The van der Waals surface area contributed by atoms with E-state index in [1.807, 2.05) is 7.85 Å². The van der Waals surface area contributed by atoms with E-state index < -0.39 is 0 Å². The summed E-state index contributed by atoms with van der Waals surface area (Å²) in [5.41, 5.74) is 0. The van der Waals surface area contributed by atoms with Crippen LogP contribution in [0.15, 0.2) is 0 Å². The Hall–Kier alpha value is -0.0451. The maximum atomic E-state index is 5.78. The van der Waals surface area contributed by atoms with Gasteiger partial charge >= 0.3 is 0 Å². The third-order valence-corrected chi connectivity index (χ3v) is 4.78. The van der Waals surface area contributed by atoms with Gasteiger partial charge < -0.3 is 4.74 Å². The highest BCUT2D eigenvalue weighted by atomic mass is 32.1. The zero-order valence-electron chi connectivity index (χ0n) is 8.74. The van der Waals surface area contributed by atoms with Crippen molar-refractivity contribution in [2.45, 2.75) is 38.2 Å². The Morgan fingerprint density at radius 2 is 1.93 bits per heavy atom. The topological polar surface area (TPSA) is 9.23 Å². The highest BCUT2D eigenvalue weighted by molar-refractivity contribution is 7.82. The molecule has 0 aromatic heterocycles. The Labute approximate surface area is 92.0 Å². The Bertz CT molecular complexity index is 268. The summed E-state index contributed by atoms with van der Waals surface area (Å²) < 4.78 is 5.78. The van der Waals surface area contributed by atoms with Gasteiger partial charge in [0, 0.05) is 0 Å². The first-order valence-corrected chi connectivity index (χ1v) is 6.34. The molecule has 5 unspecified atom stereocenters. The lowest BCUT2D eigenvalue weighted by Crippen LogP contribution is -2.31. The largest absolute Gasteiger partial charge is 0.495 e. The summed E-state index contributed by atoms with van der Waals surface area (Å²) in [6.45, 7) is 0. The second-order valence-corrected chi connectivity index (χ2v) is 5.88. The Morgan fingerprint density at radius 3 is 2.71 bits per heavy atom. The molecule has 0 saturated heterocycles. The molecule has 0 radical (unpaired) electrons. The molecule has 5 atom stereocenters. The van der Waals surface area contributed by atoms with Gasteiger partial charge in [-0.3, -0.25) is 0 Å². The van der Waals surface area contributed by atoms with Gasteiger partial charge in [0.1, 0.15) is 11.1 Å². The van der Waals surface area contributed by atoms with Crippen LogP contribution in [0.25, 0.3) is 0 Å². The lowest BCUT2D eigenvalue weighted by Gasteiger charge is -2.31. The van der Waals surface area contributed by atoms with Crippen LogP contribution in [0.4, 0.5) is 0 Å². The van der Waals surface area contributed by atoms with E-state index in [9.17, 15) is 0 Å². The van der Waals surface area contributed by atoms with Crippen LogP contribution < -0.4 is 0 Å². The molecule has 3 saturated carbocycles. The van der Waals surface area contributed by atoms with Crippen LogP contribution in [0.5, 0.6) is 0 Å². The van der Waals surface area contributed by atoms with Crippen LogP contribution in [0.1, 0.15) is 32.1 Å². The first kappa shape index (κ1) is 9.20. The van der Waals surface area contributed by atoms with Crippen molar-refractivity contribution >= 4 is 25.0 Å². The van der Waals surface area contributed by atoms with Gasteiger partial charge in [-0.1, -0.05) is 18.6 Å². The first-order chi connectivity index (χ1) is 6.75. The van der Waals surface area contributed by atoms with Crippen LogP contribution in [0.3, 0.4) is 0 Å². The molecular weight excluding hydrogens is 191 g/mol. The van der Waals surface area contributed by atoms with Crippen LogP contribution in [-0.2, 0) is 4.74 Å². The molecule has 3 rings (SSSR count). The monoisotopic (exact) mass is 208 g/mol. The van der Waals surface area contributed by atoms with E-state index in [0.717, 1.165) is 28.6 Å². The molecule has 2 bridgehead atoms. The van der Waals surface area contributed by atoms with E-state index in [1.165, 1.54) is 32.1 Å². The predicted octanol–water partition coefficient (Wildman–Crippen LogP) is 1.75. The fraction of sp³-hybridized carbons (Fsp3) is 0.909. The van der Waals surface area contributed by atoms with Gasteiger partial charge in [-0.25, -0.2) is 0 Å². The molecule has 3 heteroatoms. The number of hydrogen-bond acceptors (Lipinski definition) is 2. The van der Waals surface area contributed by atoms with E-state index in [4.69, 9.17) is 17.0 Å². The summed E-state index contributed by atoms with van der Waals surface area (Å²) in [5, 5.41) is 0. The van der Waals surface area contributed by atoms with E-state index in [2.05, 4.69) is 0 Å². The van der Waals surface area contributed by atoms with Crippen molar-refractivity contribution in [2.75, 3.05) is 0 Å². The maximum Gasteiger partial charge on any atom is 0.200 e. The molecule has 3 aliphatic rings. The van der Waals surface area contributed by atoms with E-state index in [0.29, 0.717) is 6.10 Å². The number of rotatable bonds is 1. The molecule has 0 aromatic rings. The number of fused-ring (bicyclic) bond motifs is 5. The van der Waals surface area contributed by atoms with Crippen molar-refractivity contribution in [3.8, 4) is 0 Å². The van der Waals surface area contributed by atoms with Crippen molar-refractivity contribution in [1.82, 2.24) is 0 Å². The molecule has 3 aliphatic carbocycles. The first-order valence-electron chi connectivity index (χ1n) is 5.93. The highest BCUT2D eigenvalue weighted by Gasteiger charge is 2.54. The second kappa shape index (κ2) is 3.23. The van der Waals surface area contributed by atoms with Gasteiger partial charge in [0.05, 0.1) is 0 Å². The molecule has 0 spiro atoms. The van der Waals surface area contributed by atoms with Gasteiger partial charge in [-0.2, -0.15) is 0 Å². The van der Waals surface area contributed by atoms with E-state index >= 15 is 0 Å². The summed E-state index contributed by atoms with van der Waals surface area (Å²) in [6, 6.07) is 0. The standard InChI is InChI=1S/C11H17BOS/c12-11(14)13-10-5-6-4-9(10)8-3-1-2-7(6)8/h6-10H,1-5,12H2. The molecule has 1 nitrogen and oxygen atoms in total. The molecule has 14 heavy (non-hydrogen) atoms. The third-order valence-electron chi connectivity index (χ3n) is 4.69. The van der Waals surface area contributed by atoms with E-state index in [1.54, 1.807) is 0 Å². The van der Waals surface area contributed by atoms with Crippen molar-refractivity contribution < 1.29 is 4.74 Å². The summed E-state index contributed by atoms with van der Waals surface area (Å²) >= 11 is 5.05. The van der Waals surface area contributed by atoms with Crippen molar-refractivity contribution in [2.24, 2.45) is 23.7 Å².